The Morgan fingerprint density at radius 1 is 0.882 bits per heavy atom. The number of aliphatic hydroxyl groups is 1. The van der Waals surface area contributed by atoms with Gasteiger partial charge in [0.05, 0.1) is 17.1 Å². The zero-order chi connectivity index (χ0) is 24.7. The third-order valence-corrected chi connectivity index (χ3v) is 5.95. The van der Waals surface area contributed by atoms with Crippen LogP contribution in [0, 0.1) is 0 Å². The molecule has 3 aromatic carbocycles. The number of hydrogen-bond donors (Lipinski definition) is 2. The molecule has 0 saturated heterocycles. The fourth-order valence-electron chi connectivity index (χ4n) is 3.20. The highest BCUT2D eigenvalue weighted by Gasteiger charge is 2.21. The van der Waals surface area contributed by atoms with E-state index in [1.54, 1.807) is 42.5 Å². The van der Waals surface area contributed by atoms with Gasteiger partial charge in [-0.05, 0) is 41.0 Å². The van der Waals surface area contributed by atoms with Gasteiger partial charge in [-0.1, -0.05) is 54.6 Å². The quantitative estimate of drug-likeness (QED) is 0.215. The molecule has 0 bridgehead atoms. The minimum Gasteiger partial charge on any atom is -0.478 e. The lowest BCUT2D eigenvalue weighted by molar-refractivity contribution is -0.130. The van der Waals surface area contributed by atoms with Crippen molar-refractivity contribution < 1.29 is 37.7 Å². The molecule has 0 amide bonds. The van der Waals surface area contributed by atoms with Gasteiger partial charge in [-0.25, -0.2) is 18.0 Å². The van der Waals surface area contributed by atoms with Crippen molar-refractivity contribution in [2.45, 2.75) is 11.5 Å². The SMILES string of the molecule is CS(=O)(=O)c1ccc(C(COC(=O)Oc2cccc(CO)c2)=C(C(=O)O)c2ccccc2)cc1. The Balaban J connectivity index is 1.96. The summed E-state index contributed by atoms with van der Waals surface area (Å²) in [5.41, 5.74) is 1.32. The number of benzene rings is 3. The lowest BCUT2D eigenvalue weighted by atomic mass is 9.95. The number of aliphatic carboxylic acids is 1. The summed E-state index contributed by atoms with van der Waals surface area (Å²) in [5, 5.41) is 19.2. The molecule has 0 spiro atoms. The van der Waals surface area contributed by atoms with E-state index in [4.69, 9.17) is 9.47 Å². The predicted octanol–water partition coefficient (Wildman–Crippen LogP) is 3.79. The summed E-state index contributed by atoms with van der Waals surface area (Å²) in [6.07, 6.45) is -0.00538. The van der Waals surface area contributed by atoms with E-state index >= 15 is 0 Å². The zero-order valence-corrected chi connectivity index (χ0v) is 19.0. The Hall–Kier alpha value is -3.95. The van der Waals surface area contributed by atoms with Gasteiger partial charge in [-0.15, -0.1) is 0 Å². The molecule has 0 aliphatic rings. The Morgan fingerprint density at radius 3 is 2.15 bits per heavy atom. The minimum absolute atomic E-state index is 0.0660. The van der Waals surface area contributed by atoms with Crippen molar-refractivity contribution in [2.24, 2.45) is 0 Å². The summed E-state index contributed by atoms with van der Waals surface area (Å²) in [4.78, 5) is 24.6. The molecular formula is C25H22O8S. The van der Waals surface area contributed by atoms with Gasteiger partial charge in [-0.3, -0.25) is 0 Å². The van der Waals surface area contributed by atoms with Gasteiger partial charge in [0.2, 0.25) is 0 Å². The molecular weight excluding hydrogens is 460 g/mol. The van der Waals surface area contributed by atoms with Gasteiger partial charge >= 0.3 is 12.1 Å². The molecule has 3 aromatic rings. The molecule has 9 heteroatoms. The van der Waals surface area contributed by atoms with Crippen LogP contribution in [0.25, 0.3) is 11.1 Å². The highest BCUT2D eigenvalue weighted by atomic mass is 32.2. The number of rotatable bonds is 8. The first-order chi connectivity index (χ1) is 16.2. The topological polar surface area (TPSA) is 127 Å². The van der Waals surface area contributed by atoms with Crippen LogP contribution >= 0.6 is 0 Å². The third kappa shape index (κ3) is 6.31. The Morgan fingerprint density at radius 2 is 1.56 bits per heavy atom. The maximum Gasteiger partial charge on any atom is 0.514 e. The van der Waals surface area contributed by atoms with Crippen molar-refractivity contribution in [3.63, 3.8) is 0 Å². The first-order valence-corrected chi connectivity index (χ1v) is 11.9. The van der Waals surface area contributed by atoms with Crippen LogP contribution in [0.4, 0.5) is 4.79 Å². The second-order valence-electron chi connectivity index (χ2n) is 7.27. The smallest absolute Gasteiger partial charge is 0.478 e. The van der Waals surface area contributed by atoms with E-state index < -0.39 is 28.6 Å². The van der Waals surface area contributed by atoms with Crippen LogP contribution in [0.3, 0.4) is 0 Å². The van der Waals surface area contributed by atoms with E-state index in [9.17, 15) is 28.2 Å². The summed E-state index contributed by atoms with van der Waals surface area (Å²) in [6, 6.07) is 20.1. The van der Waals surface area contributed by atoms with Crippen molar-refractivity contribution in [1.82, 2.24) is 0 Å². The summed E-state index contributed by atoms with van der Waals surface area (Å²) in [5.74, 6) is -1.10. The Kier molecular flexibility index (Phi) is 7.83. The number of carboxylic acid groups (broad SMARTS) is 1. The van der Waals surface area contributed by atoms with Gasteiger partial charge in [0, 0.05) is 11.8 Å². The molecule has 0 unspecified atom stereocenters. The van der Waals surface area contributed by atoms with Gasteiger partial charge < -0.3 is 19.7 Å². The van der Waals surface area contributed by atoms with Crippen LogP contribution in [-0.4, -0.2) is 43.6 Å². The molecule has 3 rings (SSSR count). The molecule has 0 aromatic heterocycles. The van der Waals surface area contributed by atoms with E-state index in [0.717, 1.165) is 6.26 Å². The van der Waals surface area contributed by atoms with Crippen molar-refractivity contribution in [3.8, 4) is 5.75 Å². The number of carbonyl (C=O) groups is 2. The lowest BCUT2D eigenvalue weighted by Gasteiger charge is -2.15. The molecule has 34 heavy (non-hydrogen) atoms. The van der Waals surface area contributed by atoms with Crippen molar-refractivity contribution in [2.75, 3.05) is 12.9 Å². The number of carbonyl (C=O) groups excluding carboxylic acids is 1. The molecule has 0 atom stereocenters. The second kappa shape index (κ2) is 10.8. The highest BCUT2D eigenvalue weighted by Crippen LogP contribution is 2.28. The van der Waals surface area contributed by atoms with Gasteiger partial charge in [0.15, 0.2) is 9.84 Å². The van der Waals surface area contributed by atoms with Crippen LogP contribution in [0.15, 0.2) is 83.8 Å². The van der Waals surface area contributed by atoms with Crippen LogP contribution in [-0.2, 0) is 26.0 Å². The molecule has 0 heterocycles. The number of hydrogen-bond acceptors (Lipinski definition) is 7. The fourth-order valence-corrected chi connectivity index (χ4v) is 3.83. The molecule has 0 radical (unpaired) electrons. The van der Waals surface area contributed by atoms with Gasteiger partial charge in [0.25, 0.3) is 0 Å². The molecule has 0 saturated carbocycles. The average molecular weight is 483 g/mol. The summed E-state index contributed by atoms with van der Waals surface area (Å²) >= 11 is 0. The maximum absolute atomic E-state index is 12.3. The summed E-state index contributed by atoms with van der Waals surface area (Å²) in [6.45, 7) is -0.686. The fraction of sp³-hybridized carbons (Fsp3) is 0.120. The standard InChI is InChI=1S/C25H22O8S/c1-34(30,31)21-12-10-18(11-13-21)22(23(24(27)28)19-7-3-2-4-8-19)16-32-25(29)33-20-9-5-6-17(14-20)15-26/h2-14,26H,15-16H2,1H3,(H,27,28). The number of carboxylic acids is 1. The van der Waals surface area contributed by atoms with E-state index in [2.05, 4.69) is 0 Å². The van der Waals surface area contributed by atoms with Crippen LogP contribution in [0.2, 0.25) is 0 Å². The number of sulfone groups is 1. The first kappa shape index (κ1) is 24.7. The summed E-state index contributed by atoms with van der Waals surface area (Å²) in [7, 11) is -3.46. The van der Waals surface area contributed by atoms with E-state index in [-0.39, 0.29) is 28.4 Å². The number of ether oxygens (including phenoxy) is 2. The monoisotopic (exact) mass is 482 g/mol. The molecule has 176 valence electrons. The van der Waals surface area contributed by atoms with Crippen LogP contribution in [0.1, 0.15) is 16.7 Å². The van der Waals surface area contributed by atoms with E-state index in [0.29, 0.717) is 16.7 Å². The third-order valence-electron chi connectivity index (χ3n) is 4.83. The van der Waals surface area contributed by atoms with Gasteiger partial charge in [0.1, 0.15) is 12.4 Å². The Labute approximate surface area is 196 Å². The summed E-state index contributed by atoms with van der Waals surface area (Å²) < 4.78 is 34.0. The molecule has 8 nitrogen and oxygen atoms in total. The predicted molar refractivity (Wildman–Crippen MR) is 125 cm³/mol. The van der Waals surface area contributed by atoms with Crippen molar-refractivity contribution in [1.29, 1.82) is 0 Å². The largest absolute Gasteiger partial charge is 0.514 e. The first-order valence-electron chi connectivity index (χ1n) is 10.1. The van der Waals surface area contributed by atoms with E-state index in [1.165, 1.54) is 36.4 Å². The lowest BCUT2D eigenvalue weighted by Crippen LogP contribution is -2.15. The Bertz CT molecular complexity index is 1310. The van der Waals surface area contributed by atoms with Gasteiger partial charge in [-0.2, -0.15) is 0 Å². The van der Waals surface area contributed by atoms with Crippen LogP contribution < -0.4 is 4.74 Å². The highest BCUT2D eigenvalue weighted by molar-refractivity contribution is 7.90. The van der Waals surface area contributed by atoms with Crippen molar-refractivity contribution >= 4 is 33.1 Å². The van der Waals surface area contributed by atoms with Crippen LogP contribution in [0.5, 0.6) is 5.75 Å². The average Bonchev–Trinajstić information content (AvgIpc) is 2.81. The minimum atomic E-state index is -3.46. The molecule has 2 N–H and O–H groups in total. The molecule has 0 aliphatic carbocycles. The second-order valence-corrected chi connectivity index (χ2v) is 9.28. The van der Waals surface area contributed by atoms with Crippen molar-refractivity contribution in [3.05, 3.63) is 95.6 Å². The molecule has 0 aliphatic heterocycles. The maximum atomic E-state index is 12.3. The van der Waals surface area contributed by atoms with E-state index in [1.807, 2.05) is 0 Å². The normalized spacial score (nSPS) is 11.9. The number of aliphatic hydroxyl groups excluding tert-OH is 1. The zero-order valence-electron chi connectivity index (χ0n) is 18.2. The molecule has 0 fully saturated rings.